The molecule has 0 spiro atoms. The van der Waals surface area contributed by atoms with Crippen LogP contribution in [0.25, 0.3) is 0 Å². The van der Waals surface area contributed by atoms with Crippen LogP contribution >= 0.6 is 7.37 Å². The molecule has 3 rings (SSSR count). The van der Waals surface area contributed by atoms with Crippen molar-refractivity contribution in [2.75, 3.05) is 13.2 Å². The predicted octanol–water partition coefficient (Wildman–Crippen LogP) is 4.88. The summed E-state index contributed by atoms with van der Waals surface area (Å²) in [5.74, 6) is -1.15. The number of carbonyl (C=O) groups is 2. The summed E-state index contributed by atoms with van der Waals surface area (Å²) < 4.78 is 27.2. The Morgan fingerprint density at radius 2 is 1.67 bits per heavy atom. The van der Waals surface area contributed by atoms with E-state index in [1.165, 1.54) is 13.1 Å². The Kier molecular flexibility index (Phi) is 9.13. The number of halogens is 1. The van der Waals surface area contributed by atoms with E-state index < -0.39 is 24.7 Å². The number of carbonyl (C=O) groups excluding carboxylic acids is 2. The van der Waals surface area contributed by atoms with E-state index in [1.54, 1.807) is 30.3 Å². The van der Waals surface area contributed by atoms with Gasteiger partial charge >= 0.3 is 0 Å². The van der Waals surface area contributed by atoms with Crippen LogP contribution in [0.3, 0.4) is 0 Å². The molecule has 3 unspecified atom stereocenters. The SMILES string of the molecule is CNC(=O)C(NC(=O)C(CC1CC1)CP(=O)(O)Cc1ccc(Cc2ccccc2F)cc1)C(C)(C)C. The van der Waals surface area contributed by atoms with Crippen LogP contribution in [-0.2, 0) is 26.7 Å². The Bertz CT molecular complexity index is 1110. The summed E-state index contributed by atoms with van der Waals surface area (Å²) >= 11 is 0. The van der Waals surface area contributed by atoms with Crippen LogP contribution in [-0.4, -0.2) is 36.0 Å². The topological polar surface area (TPSA) is 95.5 Å². The Morgan fingerprint density at radius 1 is 1.06 bits per heavy atom. The number of likely N-dealkylation sites (N-methyl/N-ethyl adjacent to an activating group) is 1. The van der Waals surface area contributed by atoms with Gasteiger partial charge in [0.25, 0.3) is 0 Å². The third kappa shape index (κ3) is 8.28. The number of hydrogen-bond donors (Lipinski definition) is 3. The van der Waals surface area contributed by atoms with E-state index in [0.29, 0.717) is 29.9 Å². The first kappa shape index (κ1) is 28.1. The third-order valence-corrected chi connectivity index (χ3v) is 8.53. The van der Waals surface area contributed by atoms with Gasteiger partial charge in [-0.25, -0.2) is 4.39 Å². The fourth-order valence-electron chi connectivity index (χ4n) is 4.42. The van der Waals surface area contributed by atoms with E-state index in [1.807, 2.05) is 32.9 Å². The maximum Gasteiger partial charge on any atom is 0.242 e. The second-order valence-corrected chi connectivity index (χ2v) is 13.4. The summed E-state index contributed by atoms with van der Waals surface area (Å²) in [6, 6.07) is 13.1. The van der Waals surface area contributed by atoms with Gasteiger partial charge in [0.1, 0.15) is 11.9 Å². The highest BCUT2D eigenvalue weighted by molar-refractivity contribution is 7.57. The highest BCUT2D eigenvalue weighted by Gasteiger charge is 2.38. The fourth-order valence-corrected chi connectivity index (χ4v) is 6.33. The first-order chi connectivity index (χ1) is 16.9. The molecule has 2 aromatic rings. The Hall–Kier alpha value is -2.50. The van der Waals surface area contributed by atoms with E-state index in [4.69, 9.17) is 0 Å². The van der Waals surface area contributed by atoms with Crippen LogP contribution in [0.5, 0.6) is 0 Å². The molecule has 8 heteroatoms. The maximum absolute atomic E-state index is 13.9. The zero-order valence-corrected chi connectivity index (χ0v) is 22.5. The molecule has 3 N–H and O–H groups in total. The predicted molar refractivity (Wildman–Crippen MR) is 140 cm³/mol. The van der Waals surface area contributed by atoms with Crippen LogP contribution in [0.4, 0.5) is 4.39 Å². The lowest BCUT2D eigenvalue weighted by Gasteiger charge is -2.31. The number of rotatable bonds is 11. The summed E-state index contributed by atoms with van der Waals surface area (Å²) in [5.41, 5.74) is 1.69. The van der Waals surface area contributed by atoms with Gasteiger partial charge < -0.3 is 15.5 Å². The number of nitrogens with one attached hydrogen (secondary N) is 2. The van der Waals surface area contributed by atoms with E-state index >= 15 is 0 Å². The molecule has 0 radical (unpaired) electrons. The monoisotopic (exact) mass is 516 g/mol. The highest BCUT2D eigenvalue weighted by atomic mass is 31.2. The molecule has 0 bridgehead atoms. The number of hydrogen-bond acceptors (Lipinski definition) is 3. The lowest BCUT2D eigenvalue weighted by atomic mass is 9.85. The molecule has 0 aliphatic heterocycles. The van der Waals surface area contributed by atoms with Crippen LogP contribution in [0.15, 0.2) is 48.5 Å². The quantitative estimate of drug-likeness (QED) is 0.371. The van der Waals surface area contributed by atoms with Gasteiger partial charge in [-0.1, -0.05) is 76.1 Å². The maximum atomic E-state index is 13.9. The average molecular weight is 517 g/mol. The first-order valence-corrected chi connectivity index (χ1v) is 14.5. The van der Waals surface area contributed by atoms with Gasteiger partial charge in [-0.15, -0.1) is 0 Å². The third-order valence-electron chi connectivity index (χ3n) is 6.66. The Balaban J connectivity index is 1.67. The van der Waals surface area contributed by atoms with Crippen molar-refractivity contribution in [2.45, 2.75) is 58.7 Å². The molecule has 1 saturated carbocycles. The van der Waals surface area contributed by atoms with Crippen molar-refractivity contribution in [3.05, 3.63) is 71.0 Å². The molecule has 1 aliphatic rings. The summed E-state index contributed by atoms with van der Waals surface area (Å²) in [4.78, 5) is 36.5. The van der Waals surface area contributed by atoms with Gasteiger partial charge in [0.15, 0.2) is 0 Å². The van der Waals surface area contributed by atoms with Crippen molar-refractivity contribution in [2.24, 2.45) is 17.3 Å². The second kappa shape index (κ2) is 11.7. The molecule has 3 atom stereocenters. The van der Waals surface area contributed by atoms with Gasteiger partial charge in [0, 0.05) is 31.7 Å². The molecule has 1 aliphatic carbocycles. The van der Waals surface area contributed by atoms with Crippen molar-refractivity contribution < 1.29 is 23.4 Å². The van der Waals surface area contributed by atoms with Crippen LogP contribution in [0, 0.1) is 23.1 Å². The number of benzene rings is 2. The van der Waals surface area contributed by atoms with Gasteiger partial charge in [-0.2, -0.15) is 0 Å². The van der Waals surface area contributed by atoms with Crippen LogP contribution in [0.1, 0.15) is 56.7 Å². The van der Waals surface area contributed by atoms with Gasteiger partial charge in [0.05, 0.1) is 0 Å². The van der Waals surface area contributed by atoms with Crippen molar-refractivity contribution in [1.82, 2.24) is 10.6 Å². The lowest BCUT2D eigenvalue weighted by molar-refractivity contribution is -0.133. The summed E-state index contributed by atoms with van der Waals surface area (Å²) in [6.07, 6.45) is 2.84. The fraction of sp³-hybridized carbons (Fsp3) is 0.500. The summed E-state index contributed by atoms with van der Waals surface area (Å²) in [5, 5.41) is 5.44. The van der Waals surface area contributed by atoms with Crippen molar-refractivity contribution in [3.63, 3.8) is 0 Å². The Labute approximate surface area is 213 Å². The molecule has 6 nitrogen and oxygen atoms in total. The normalized spacial score (nSPS) is 17.1. The molecular formula is C28H38FN2O4P. The summed E-state index contributed by atoms with van der Waals surface area (Å²) in [6.45, 7) is 5.61. The van der Waals surface area contributed by atoms with E-state index in [2.05, 4.69) is 10.6 Å². The molecule has 2 amide bonds. The highest BCUT2D eigenvalue weighted by Crippen LogP contribution is 2.48. The zero-order valence-electron chi connectivity index (χ0n) is 21.6. The molecule has 36 heavy (non-hydrogen) atoms. The molecule has 1 fully saturated rings. The van der Waals surface area contributed by atoms with Gasteiger partial charge in [-0.05, 0) is 40.5 Å². The summed E-state index contributed by atoms with van der Waals surface area (Å²) in [7, 11) is -2.15. The largest absolute Gasteiger partial charge is 0.357 e. The molecule has 0 heterocycles. The van der Waals surface area contributed by atoms with E-state index in [-0.39, 0.29) is 30.0 Å². The van der Waals surface area contributed by atoms with E-state index in [9.17, 15) is 23.4 Å². The van der Waals surface area contributed by atoms with Crippen molar-refractivity contribution >= 4 is 19.2 Å². The minimum absolute atomic E-state index is 0.0421. The Morgan fingerprint density at radius 3 is 2.22 bits per heavy atom. The van der Waals surface area contributed by atoms with Gasteiger partial charge in [0.2, 0.25) is 19.2 Å². The van der Waals surface area contributed by atoms with Crippen molar-refractivity contribution in [3.8, 4) is 0 Å². The van der Waals surface area contributed by atoms with Crippen LogP contribution in [0.2, 0.25) is 0 Å². The zero-order chi connectivity index (χ0) is 26.5. The minimum atomic E-state index is -3.68. The minimum Gasteiger partial charge on any atom is -0.357 e. The van der Waals surface area contributed by atoms with Gasteiger partial charge in [-0.3, -0.25) is 14.2 Å². The van der Waals surface area contributed by atoms with Crippen LogP contribution < -0.4 is 10.6 Å². The molecule has 2 aromatic carbocycles. The van der Waals surface area contributed by atoms with Crippen molar-refractivity contribution in [1.29, 1.82) is 0 Å². The smallest absolute Gasteiger partial charge is 0.242 e. The molecular weight excluding hydrogens is 478 g/mol. The second-order valence-electron chi connectivity index (χ2n) is 11.1. The molecule has 0 aromatic heterocycles. The van der Waals surface area contributed by atoms with E-state index in [0.717, 1.165) is 18.4 Å². The first-order valence-electron chi connectivity index (χ1n) is 12.5. The molecule has 0 saturated heterocycles. The number of amides is 2. The standard InChI is InChI=1S/C28H38FN2O4P/c1-28(2,3)25(27(33)30-4)31-26(32)23(16-20-9-10-20)18-36(34,35)17-21-13-11-19(12-14-21)15-22-7-5-6-8-24(22)29/h5-8,11-14,20,23,25H,9-10,15-18H2,1-4H3,(H,30,33)(H,31,32)(H,34,35). The molecule has 196 valence electrons. The average Bonchev–Trinajstić information content (AvgIpc) is 3.62. The lowest BCUT2D eigenvalue weighted by Crippen LogP contribution is -2.54.